The summed E-state index contributed by atoms with van der Waals surface area (Å²) in [5.41, 5.74) is 2.43. The van der Waals surface area contributed by atoms with Crippen molar-refractivity contribution >= 4 is 15.9 Å². The minimum Gasteiger partial charge on any atom is -0.457 e. The second-order valence-corrected chi connectivity index (χ2v) is 5.74. The first-order valence-electron chi connectivity index (χ1n) is 6.87. The Morgan fingerprint density at radius 1 is 1.15 bits per heavy atom. The van der Waals surface area contributed by atoms with Gasteiger partial charge in [-0.2, -0.15) is 0 Å². The molecule has 0 saturated heterocycles. The van der Waals surface area contributed by atoms with Crippen molar-refractivity contribution < 1.29 is 4.74 Å². The Morgan fingerprint density at radius 2 is 1.90 bits per heavy atom. The van der Waals surface area contributed by atoms with Gasteiger partial charge < -0.3 is 10.1 Å². The highest BCUT2D eigenvalue weighted by atomic mass is 79.9. The zero-order valence-electron chi connectivity index (χ0n) is 12.1. The Balaban J connectivity index is 2.17. The van der Waals surface area contributed by atoms with Gasteiger partial charge in [0.2, 0.25) is 0 Å². The van der Waals surface area contributed by atoms with Crippen LogP contribution < -0.4 is 10.1 Å². The molecule has 1 N–H and O–H groups in total. The lowest BCUT2D eigenvalue weighted by Crippen LogP contribution is -2.17. The van der Waals surface area contributed by atoms with Gasteiger partial charge in [-0.15, -0.1) is 0 Å². The van der Waals surface area contributed by atoms with Gasteiger partial charge in [-0.3, -0.25) is 0 Å². The number of hydrogen-bond acceptors (Lipinski definition) is 2. The summed E-state index contributed by atoms with van der Waals surface area (Å²) in [6.07, 6.45) is 0. The van der Waals surface area contributed by atoms with Crippen molar-refractivity contribution in [3.8, 4) is 11.5 Å². The number of nitrogens with one attached hydrogen (secondary N) is 1. The monoisotopic (exact) mass is 333 g/mol. The van der Waals surface area contributed by atoms with Gasteiger partial charge in [0.05, 0.1) is 0 Å². The third-order valence-corrected chi connectivity index (χ3v) is 3.86. The molecular formula is C17H20BrNO. The predicted molar refractivity (Wildman–Crippen MR) is 87.5 cm³/mol. The summed E-state index contributed by atoms with van der Waals surface area (Å²) in [5.74, 6) is 1.71. The molecule has 0 fully saturated rings. The number of hydrogen-bond donors (Lipinski definition) is 1. The Morgan fingerprint density at radius 3 is 2.55 bits per heavy atom. The van der Waals surface area contributed by atoms with E-state index in [1.807, 2.05) is 30.3 Å². The average Bonchev–Trinajstić information content (AvgIpc) is 2.39. The molecule has 2 rings (SSSR count). The Kier molecular flexibility index (Phi) is 5.21. The quantitative estimate of drug-likeness (QED) is 0.809. The topological polar surface area (TPSA) is 21.3 Å². The van der Waals surface area contributed by atoms with Crippen LogP contribution in [-0.2, 0) is 0 Å². The van der Waals surface area contributed by atoms with Crippen LogP contribution in [0.3, 0.4) is 0 Å². The predicted octanol–water partition coefficient (Wildman–Crippen LogP) is 5.22. The summed E-state index contributed by atoms with van der Waals surface area (Å²) in [7, 11) is 0. The normalized spacial score (nSPS) is 12.2. The SMILES string of the molecule is CCNC(C)c1ccc(Oc2cccc(C)c2)cc1Br. The van der Waals surface area contributed by atoms with Crippen LogP contribution in [0, 0.1) is 6.92 Å². The molecule has 2 aromatic rings. The largest absolute Gasteiger partial charge is 0.457 e. The molecule has 0 radical (unpaired) electrons. The Bertz CT molecular complexity index is 583. The molecule has 2 nitrogen and oxygen atoms in total. The van der Waals surface area contributed by atoms with Crippen LogP contribution in [0.15, 0.2) is 46.9 Å². The van der Waals surface area contributed by atoms with Crippen molar-refractivity contribution in [3.63, 3.8) is 0 Å². The zero-order chi connectivity index (χ0) is 14.5. The smallest absolute Gasteiger partial charge is 0.128 e. The molecule has 2 aromatic carbocycles. The standard InChI is InChI=1S/C17H20BrNO/c1-4-19-13(3)16-9-8-15(11-17(16)18)20-14-7-5-6-12(2)10-14/h5-11,13,19H,4H2,1-3H3. The van der Waals surface area contributed by atoms with Crippen LogP contribution in [0.4, 0.5) is 0 Å². The maximum atomic E-state index is 5.88. The number of aryl methyl sites for hydroxylation is 1. The van der Waals surface area contributed by atoms with Gasteiger partial charge in [0.25, 0.3) is 0 Å². The number of halogens is 1. The molecule has 0 saturated carbocycles. The van der Waals surface area contributed by atoms with Crippen molar-refractivity contribution in [3.05, 3.63) is 58.1 Å². The first kappa shape index (κ1) is 15.1. The summed E-state index contributed by atoms with van der Waals surface area (Å²) in [6.45, 7) is 7.28. The van der Waals surface area contributed by atoms with Crippen LogP contribution in [0.2, 0.25) is 0 Å². The summed E-state index contributed by atoms with van der Waals surface area (Å²) in [4.78, 5) is 0. The Hall–Kier alpha value is -1.32. The minimum atomic E-state index is 0.322. The fourth-order valence-electron chi connectivity index (χ4n) is 2.15. The van der Waals surface area contributed by atoms with Crippen molar-refractivity contribution in [2.24, 2.45) is 0 Å². The maximum Gasteiger partial charge on any atom is 0.128 e. The second kappa shape index (κ2) is 6.91. The van der Waals surface area contributed by atoms with Gasteiger partial charge in [-0.25, -0.2) is 0 Å². The lowest BCUT2D eigenvalue weighted by Gasteiger charge is -2.15. The highest BCUT2D eigenvalue weighted by Gasteiger charge is 2.09. The van der Waals surface area contributed by atoms with E-state index in [9.17, 15) is 0 Å². The molecule has 0 amide bonds. The van der Waals surface area contributed by atoms with Gasteiger partial charge in [0, 0.05) is 10.5 Å². The first-order chi connectivity index (χ1) is 9.60. The molecule has 20 heavy (non-hydrogen) atoms. The van der Waals surface area contributed by atoms with Gasteiger partial charge in [-0.1, -0.05) is 41.1 Å². The third-order valence-electron chi connectivity index (χ3n) is 3.17. The van der Waals surface area contributed by atoms with Gasteiger partial charge in [0.1, 0.15) is 11.5 Å². The summed E-state index contributed by atoms with van der Waals surface area (Å²) >= 11 is 3.63. The van der Waals surface area contributed by atoms with E-state index in [1.54, 1.807) is 0 Å². The molecule has 0 aliphatic carbocycles. The maximum absolute atomic E-state index is 5.88. The number of ether oxygens (including phenoxy) is 1. The molecule has 106 valence electrons. The number of rotatable bonds is 5. The zero-order valence-corrected chi connectivity index (χ0v) is 13.7. The summed E-state index contributed by atoms with van der Waals surface area (Å²) in [5, 5.41) is 3.41. The van der Waals surface area contributed by atoms with Gasteiger partial charge >= 0.3 is 0 Å². The van der Waals surface area contributed by atoms with E-state index in [0.717, 1.165) is 22.5 Å². The fourth-order valence-corrected chi connectivity index (χ4v) is 2.85. The Labute approximate surface area is 129 Å². The average molecular weight is 334 g/mol. The fraction of sp³-hybridized carbons (Fsp3) is 0.294. The third kappa shape index (κ3) is 3.84. The molecule has 0 aliphatic rings. The van der Waals surface area contributed by atoms with Crippen LogP contribution >= 0.6 is 15.9 Å². The van der Waals surface area contributed by atoms with Gasteiger partial charge in [0.15, 0.2) is 0 Å². The van der Waals surface area contributed by atoms with Crippen LogP contribution in [0.5, 0.6) is 11.5 Å². The summed E-state index contributed by atoms with van der Waals surface area (Å²) < 4.78 is 6.95. The number of benzene rings is 2. The highest BCUT2D eigenvalue weighted by Crippen LogP contribution is 2.30. The van der Waals surface area contributed by atoms with Gasteiger partial charge in [-0.05, 0) is 55.8 Å². The molecule has 3 heteroatoms. The highest BCUT2D eigenvalue weighted by molar-refractivity contribution is 9.10. The van der Waals surface area contributed by atoms with Crippen molar-refractivity contribution in [2.45, 2.75) is 26.8 Å². The van der Waals surface area contributed by atoms with E-state index in [-0.39, 0.29) is 0 Å². The first-order valence-corrected chi connectivity index (χ1v) is 7.66. The van der Waals surface area contributed by atoms with E-state index < -0.39 is 0 Å². The summed E-state index contributed by atoms with van der Waals surface area (Å²) in [6, 6.07) is 14.5. The van der Waals surface area contributed by atoms with Crippen molar-refractivity contribution in [2.75, 3.05) is 6.54 Å². The van der Waals surface area contributed by atoms with E-state index in [1.165, 1.54) is 11.1 Å². The molecule has 0 bridgehead atoms. The van der Waals surface area contributed by atoms with Crippen LogP contribution in [0.1, 0.15) is 31.0 Å². The van der Waals surface area contributed by atoms with E-state index in [4.69, 9.17) is 4.74 Å². The molecule has 1 atom stereocenters. The molecular weight excluding hydrogens is 314 g/mol. The molecule has 0 heterocycles. The van der Waals surface area contributed by atoms with Crippen molar-refractivity contribution in [1.29, 1.82) is 0 Å². The van der Waals surface area contributed by atoms with Crippen LogP contribution in [0.25, 0.3) is 0 Å². The molecule has 0 spiro atoms. The van der Waals surface area contributed by atoms with Crippen molar-refractivity contribution in [1.82, 2.24) is 5.32 Å². The van der Waals surface area contributed by atoms with E-state index in [2.05, 4.69) is 54.2 Å². The second-order valence-electron chi connectivity index (χ2n) is 4.88. The molecule has 0 aliphatic heterocycles. The molecule has 0 aromatic heterocycles. The minimum absolute atomic E-state index is 0.322. The lowest BCUT2D eigenvalue weighted by atomic mass is 10.1. The van der Waals surface area contributed by atoms with Crippen LogP contribution in [-0.4, -0.2) is 6.54 Å². The lowest BCUT2D eigenvalue weighted by molar-refractivity contribution is 0.481. The molecule has 1 unspecified atom stereocenters. The van der Waals surface area contributed by atoms with E-state index in [0.29, 0.717) is 6.04 Å². The van der Waals surface area contributed by atoms with E-state index >= 15 is 0 Å².